The summed E-state index contributed by atoms with van der Waals surface area (Å²) in [7, 11) is 1.65. The molecular weight excluding hydrogens is 230 g/mol. The van der Waals surface area contributed by atoms with E-state index in [-0.39, 0.29) is 0 Å². The molecule has 0 atom stereocenters. The number of hydrogen-bond acceptors (Lipinski definition) is 4. The Bertz CT molecular complexity index is 476. The third-order valence-corrected chi connectivity index (χ3v) is 2.59. The van der Waals surface area contributed by atoms with Crippen molar-refractivity contribution in [2.75, 3.05) is 7.11 Å². The summed E-state index contributed by atoms with van der Waals surface area (Å²) in [6.07, 6.45) is 0. The number of methoxy groups -OCH3 is 1. The highest BCUT2D eigenvalue weighted by atomic mass is 16.5. The first-order valence-corrected chi connectivity index (χ1v) is 5.80. The average molecular weight is 247 g/mol. The highest BCUT2D eigenvalue weighted by molar-refractivity contribution is 5.26. The zero-order chi connectivity index (χ0) is 12.8. The normalized spacial score (nSPS) is 10.6. The summed E-state index contributed by atoms with van der Waals surface area (Å²) in [5, 5.41) is 0. The molecule has 0 saturated heterocycles. The lowest BCUT2D eigenvalue weighted by Crippen LogP contribution is -1.94. The van der Waals surface area contributed by atoms with Crippen molar-refractivity contribution in [3.63, 3.8) is 0 Å². The quantitative estimate of drug-likeness (QED) is 0.852. The van der Waals surface area contributed by atoms with Crippen molar-refractivity contribution < 1.29 is 13.9 Å². The Morgan fingerprint density at radius 1 is 1.00 bits per heavy atom. The lowest BCUT2D eigenvalue weighted by atomic mass is 10.2. The van der Waals surface area contributed by atoms with Crippen LogP contribution in [0, 0.1) is 0 Å². The molecule has 0 radical (unpaired) electrons. The van der Waals surface area contributed by atoms with Crippen LogP contribution in [0.25, 0.3) is 0 Å². The van der Waals surface area contributed by atoms with Crippen LogP contribution < -0.4 is 10.5 Å². The molecule has 1 aromatic carbocycles. The number of ether oxygens (including phenoxy) is 2. The van der Waals surface area contributed by atoms with Crippen molar-refractivity contribution in [1.29, 1.82) is 0 Å². The van der Waals surface area contributed by atoms with Crippen LogP contribution in [0.4, 0.5) is 0 Å². The topological polar surface area (TPSA) is 57.6 Å². The highest BCUT2D eigenvalue weighted by Gasteiger charge is 2.01. The molecule has 0 bridgehead atoms. The standard InChI is InChI=1S/C14H17NO3/c1-16-12-4-2-11(3-5-12)9-17-10-14-7-6-13(8-15)18-14/h2-7H,8-10,15H2,1H3. The van der Waals surface area contributed by atoms with E-state index < -0.39 is 0 Å². The van der Waals surface area contributed by atoms with E-state index in [1.165, 1.54) is 0 Å². The number of furan rings is 1. The molecule has 2 aromatic rings. The molecule has 4 nitrogen and oxygen atoms in total. The van der Waals surface area contributed by atoms with Crippen LogP contribution in [0.3, 0.4) is 0 Å². The SMILES string of the molecule is COc1ccc(COCc2ccc(CN)o2)cc1. The van der Waals surface area contributed by atoms with E-state index in [2.05, 4.69) is 0 Å². The minimum atomic E-state index is 0.415. The third kappa shape index (κ3) is 3.35. The fourth-order valence-electron chi connectivity index (χ4n) is 1.60. The summed E-state index contributed by atoms with van der Waals surface area (Å²) in [5.74, 6) is 2.42. The highest BCUT2D eigenvalue weighted by Crippen LogP contribution is 2.13. The van der Waals surface area contributed by atoms with E-state index in [4.69, 9.17) is 19.6 Å². The average Bonchev–Trinajstić information content (AvgIpc) is 2.87. The molecule has 1 heterocycles. The minimum absolute atomic E-state index is 0.415. The molecule has 0 spiro atoms. The van der Waals surface area contributed by atoms with Gasteiger partial charge < -0.3 is 19.6 Å². The molecule has 2 rings (SSSR count). The first-order valence-electron chi connectivity index (χ1n) is 5.80. The molecule has 2 N–H and O–H groups in total. The van der Waals surface area contributed by atoms with Crippen molar-refractivity contribution in [3.8, 4) is 5.75 Å². The Balaban J connectivity index is 1.80. The molecule has 96 valence electrons. The second kappa shape index (κ2) is 6.23. The largest absolute Gasteiger partial charge is 0.497 e. The van der Waals surface area contributed by atoms with E-state index in [0.717, 1.165) is 22.8 Å². The van der Waals surface area contributed by atoms with Gasteiger partial charge in [-0.1, -0.05) is 12.1 Å². The van der Waals surface area contributed by atoms with Gasteiger partial charge in [0.15, 0.2) is 0 Å². The second-order valence-electron chi connectivity index (χ2n) is 3.91. The number of hydrogen-bond donors (Lipinski definition) is 1. The Labute approximate surface area is 106 Å². The van der Waals surface area contributed by atoms with Crippen molar-refractivity contribution in [3.05, 3.63) is 53.5 Å². The number of rotatable bonds is 6. The van der Waals surface area contributed by atoms with Gasteiger partial charge in [-0.15, -0.1) is 0 Å². The molecule has 18 heavy (non-hydrogen) atoms. The van der Waals surface area contributed by atoms with Crippen LogP contribution in [-0.2, 0) is 24.5 Å². The lowest BCUT2D eigenvalue weighted by Gasteiger charge is -2.04. The maximum absolute atomic E-state index is 5.56. The smallest absolute Gasteiger partial charge is 0.129 e. The monoisotopic (exact) mass is 247 g/mol. The summed E-state index contributed by atoms with van der Waals surface area (Å²) in [5.41, 5.74) is 6.56. The van der Waals surface area contributed by atoms with Crippen molar-refractivity contribution in [2.24, 2.45) is 5.73 Å². The summed E-state index contributed by atoms with van der Waals surface area (Å²) in [6.45, 7) is 1.41. The van der Waals surface area contributed by atoms with Crippen LogP contribution in [-0.4, -0.2) is 7.11 Å². The molecule has 0 aliphatic heterocycles. The van der Waals surface area contributed by atoms with E-state index in [0.29, 0.717) is 19.8 Å². The Morgan fingerprint density at radius 2 is 1.72 bits per heavy atom. The third-order valence-electron chi connectivity index (χ3n) is 2.59. The predicted octanol–water partition coefficient (Wildman–Crippen LogP) is 2.46. The lowest BCUT2D eigenvalue weighted by molar-refractivity contribution is 0.0921. The van der Waals surface area contributed by atoms with Gasteiger partial charge in [-0.3, -0.25) is 0 Å². The Hall–Kier alpha value is -1.78. The van der Waals surface area contributed by atoms with Crippen molar-refractivity contribution in [2.45, 2.75) is 19.8 Å². The fraction of sp³-hybridized carbons (Fsp3) is 0.286. The molecular formula is C14H17NO3. The molecule has 0 fully saturated rings. The van der Waals surface area contributed by atoms with Gasteiger partial charge in [0, 0.05) is 0 Å². The molecule has 0 unspecified atom stereocenters. The predicted molar refractivity (Wildman–Crippen MR) is 68.1 cm³/mol. The van der Waals surface area contributed by atoms with Gasteiger partial charge >= 0.3 is 0 Å². The maximum Gasteiger partial charge on any atom is 0.129 e. The molecule has 0 aliphatic carbocycles. The van der Waals surface area contributed by atoms with Crippen LogP contribution in [0.5, 0.6) is 5.75 Å². The summed E-state index contributed by atoms with van der Waals surface area (Å²) < 4.78 is 16.1. The molecule has 1 aromatic heterocycles. The first kappa shape index (κ1) is 12.7. The van der Waals surface area contributed by atoms with Crippen molar-refractivity contribution >= 4 is 0 Å². The summed E-state index contributed by atoms with van der Waals surface area (Å²) >= 11 is 0. The van der Waals surface area contributed by atoms with E-state index in [1.807, 2.05) is 36.4 Å². The molecule has 4 heteroatoms. The maximum atomic E-state index is 5.56. The zero-order valence-corrected chi connectivity index (χ0v) is 10.4. The second-order valence-corrected chi connectivity index (χ2v) is 3.91. The summed E-state index contributed by atoms with van der Waals surface area (Å²) in [4.78, 5) is 0. The van der Waals surface area contributed by atoms with Crippen molar-refractivity contribution in [1.82, 2.24) is 0 Å². The molecule has 0 amide bonds. The van der Waals surface area contributed by atoms with Gasteiger partial charge in [0.25, 0.3) is 0 Å². The Morgan fingerprint density at radius 3 is 2.33 bits per heavy atom. The fourth-order valence-corrected chi connectivity index (χ4v) is 1.60. The molecule has 0 saturated carbocycles. The van der Waals surface area contributed by atoms with E-state index >= 15 is 0 Å². The van der Waals surface area contributed by atoms with Gasteiger partial charge in [0.2, 0.25) is 0 Å². The number of nitrogens with two attached hydrogens (primary N) is 1. The molecule has 0 aliphatic rings. The first-order chi connectivity index (χ1) is 8.81. The Kier molecular flexibility index (Phi) is 4.39. The van der Waals surface area contributed by atoms with Crippen LogP contribution in [0.1, 0.15) is 17.1 Å². The number of benzene rings is 1. The van der Waals surface area contributed by atoms with Crippen LogP contribution in [0.2, 0.25) is 0 Å². The van der Waals surface area contributed by atoms with E-state index in [9.17, 15) is 0 Å². The van der Waals surface area contributed by atoms with Gasteiger partial charge in [-0.25, -0.2) is 0 Å². The van der Waals surface area contributed by atoms with Crippen LogP contribution in [0.15, 0.2) is 40.8 Å². The van der Waals surface area contributed by atoms with Gasteiger partial charge in [0.1, 0.15) is 23.9 Å². The minimum Gasteiger partial charge on any atom is -0.497 e. The summed E-state index contributed by atoms with van der Waals surface area (Å²) in [6, 6.07) is 11.5. The van der Waals surface area contributed by atoms with E-state index in [1.54, 1.807) is 7.11 Å². The van der Waals surface area contributed by atoms with Gasteiger partial charge in [0.05, 0.1) is 20.3 Å². The van der Waals surface area contributed by atoms with Crippen LogP contribution >= 0.6 is 0 Å². The zero-order valence-electron chi connectivity index (χ0n) is 10.4. The van der Waals surface area contributed by atoms with Gasteiger partial charge in [-0.05, 0) is 29.8 Å². The van der Waals surface area contributed by atoms with Gasteiger partial charge in [-0.2, -0.15) is 0 Å².